The summed E-state index contributed by atoms with van der Waals surface area (Å²) in [6, 6.07) is 0.774. The van der Waals surface area contributed by atoms with Crippen LogP contribution in [0.1, 0.15) is 24.5 Å². The first-order valence-corrected chi connectivity index (χ1v) is 6.29. The van der Waals surface area contributed by atoms with Crippen LogP contribution in [0.2, 0.25) is 0 Å². The van der Waals surface area contributed by atoms with Gasteiger partial charge < -0.3 is 0 Å². The standard InChI is InChI=1S/C9H11F3N2O2S/c1-2-3-6-4-7(9(10,11)12)5-14-8(6)17(13,15)16/h4-5H,2-3H2,1H3,(H2,13,15,16). The summed E-state index contributed by atoms with van der Waals surface area (Å²) in [6.45, 7) is 1.72. The molecule has 17 heavy (non-hydrogen) atoms. The largest absolute Gasteiger partial charge is 0.417 e. The van der Waals surface area contributed by atoms with Crippen molar-refractivity contribution < 1.29 is 21.6 Å². The van der Waals surface area contributed by atoms with Gasteiger partial charge in [0.1, 0.15) is 0 Å². The van der Waals surface area contributed by atoms with Crippen molar-refractivity contribution in [1.82, 2.24) is 4.98 Å². The zero-order valence-corrected chi connectivity index (χ0v) is 9.77. The Labute approximate surface area is 96.7 Å². The summed E-state index contributed by atoms with van der Waals surface area (Å²) in [4.78, 5) is 3.30. The minimum Gasteiger partial charge on any atom is -0.243 e. The van der Waals surface area contributed by atoms with Gasteiger partial charge in [0.25, 0.3) is 10.0 Å². The summed E-state index contributed by atoms with van der Waals surface area (Å²) in [6.07, 6.45) is -3.42. The Balaban J connectivity index is 3.37. The molecule has 0 saturated carbocycles. The van der Waals surface area contributed by atoms with E-state index in [1.807, 2.05) is 0 Å². The quantitative estimate of drug-likeness (QED) is 0.906. The first-order valence-electron chi connectivity index (χ1n) is 4.75. The van der Waals surface area contributed by atoms with E-state index in [0.29, 0.717) is 12.6 Å². The predicted molar refractivity (Wildman–Crippen MR) is 54.6 cm³/mol. The molecule has 0 aliphatic heterocycles. The number of hydrogen-bond acceptors (Lipinski definition) is 3. The maximum absolute atomic E-state index is 12.4. The van der Waals surface area contributed by atoms with E-state index >= 15 is 0 Å². The average Bonchev–Trinajstić information content (AvgIpc) is 2.15. The molecule has 0 bridgehead atoms. The van der Waals surface area contributed by atoms with E-state index in [-0.39, 0.29) is 12.0 Å². The third kappa shape index (κ3) is 3.40. The third-order valence-electron chi connectivity index (χ3n) is 2.04. The highest BCUT2D eigenvalue weighted by Gasteiger charge is 2.32. The molecule has 0 aliphatic carbocycles. The molecule has 96 valence electrons. The molecule has 0 spiro atoms. The second-order valence-electron chi connectivity index (χ2n) is 3.48. The molecule has 1 aromatic heterocycles. The van der Waals surface area contributed by atoms with Gasteiger partial charge in [-0.3, -0.25) is 0 Å². The number of sulfonamides is 1. The van der Waals surface area contributed by atoms with Crippen LogP contribution >= 0.6 is 0 Å². The van der Waals surface area contributed by atoms with Crippen molar-refractivity contribution in [2.24, 2.45) is 5.14 Å². The Hall–Kier alpha value is -1.15. The lowest BCUT2D eigenvalue weighted by atomic mass is 10.1. The van der Waals surface area contributed by atoms with Gasteiger partial charge in [-0.1, -0.05) is 13.3 Å². The molecular weight excluding hydrogens is 257 g/mol. The number of primary sulfonamides is 1. The highest BCUT2D eigenvalue weighted by Crippen LogP contribution is 2.30. The summed E-state index contributed by atoms with van der Waals surface area (Å²) in [5.41, 5.74) is -0.988. The first kappa shape index (κ1) is 13.9. The minimum atomic E-state index is -4.55. The van der Waals surface area contributed by atoms with Crippen LogP contribution in [0.15, 0.2) is 17.3 Å². The SMILES string of the molecule is CCCc1cc(C(F)(F)F)cnc1S(N)(=O)=O. The molecule has 8 heteroatoms. The second kappa shape index (κ2) is 4.61. The number of aryl methyl sites for hydroxylation is 1. The van der Waals surface area contributed by atoms with Crippen molar-refractivity contribution in [3.8, 4) is 0 Å². The molecule has 0 aromatic carbocycles. The van der Waals surface area contributed by atoms with Gasteiger partial charge in [-0.05, 0) is 18.1 Å². The zero-order valence-electron chi connectivity index (χ0n) is 8.95. The van der Waals surface area contributed by atoms with Crippen molar-refractivity contribution in [3.05, 3.63) is 23.4 Å². The summed E-state index contributed by atoms with van der Waals surface area (Å²) in [5, 5.41) is 4.38. The lowest BCUT2D eigenvalue weighted by Gasteiger charge is -2.10. The number of nitrogens with zero attached hydrogens (tertiary/aromatic N) is 1. The number of aromatic nitrogens is 1. The lowest BCUT2D eigenvalue weighted by molar-refractivity contribution is -0.137. The number of alkyl halides is 3. The number of pyridine rings is 1. The number of nitrogens with two attached hydrogens (primary N) is 1. The van der Waals surface area contributed by atoms with E-state index in [0.717, 1.165) is 6.07 Å². The Morgan fingerprint density at radius 2 is 2.00 bits per heavy atom. The van der Waals surface area contributed by atoms with Gasteiger partial charge in [-0.15, -0.1) is 0 Å². The van der Waals surface area contributed by atoms with E-state index in [2.05, 4.69) is 4.98 Å². The fourth-order valence-electron chi connectivity index (χ4n) is 1.36. The molecule has 0 aliphatic rings. The van der Waals surface area contributed by atoms with E-state index in [4.69, 9.17) is 5.14 Å². The Morgan fingerprint density at radius 3 is 2.41 bits per heavy atom. The van der Waals surface area contributed by atoms with Crippen LogP contribution in [-0.4, -0.2) is 13.4 Å². The molecule has 0 unspecified atom stereocenters. The van der Waals surface area contributed by atoms with Crippen LogP contribution < -0.4 is 5.14 Å². The van der Waals surface area contributed by atoms with Gasteiger partial charge >= 0.3 is 6.18 Å². The van der Waals surface area contributed by atoms with Gasteiger partial charge in [0.2, 0.25) is 0 Å². The average molecular weight is 268 g/mol. The molecule has 2 N–H and O–H groups in total. The molecule has 0 saturated heterocycles. The van der Waals surface area contributed by atoms with Crippen LogP contribution in [0.5, 0.6) is 0 Å². The topological polar surface area (TPSA) is 73.0 Å². The van der Waals surface area contributed by atoms with Crippen molar-refractivity contribution in [2.45, 2.75) is 31.0 Å². The smallest absolute Gasteiger partial charge is 0.243 e. The Morgan fingerprint density at radius 1 is 1.41 bits per heavy atom. The van der Waals surface area contributed by atoms with Crippen LogP contribution in [0.25, 0.3) is 0 Å². The molecule has 1 rings (SSSR count). The summed E-state index contributed by atoms with van der Waals surface area (Å²) >= 11 is 0. The molecule has 0 atom stereocenters. The highest BCUT2D eigenvalue weighted by atomic mass is 32.2. The molecule has 4 nitrogen and oxygen atoms in total. The predicted octanol–water partition coefficient (Wildman–Crippen LogP) is 1.70. The fourth-order valence-corrected chi connectivity index (χ4v) is 2.08. The molecule has 0 fully saturated rings. The van der Waals surface area contributed by atoms with E-state index in [9.17, 15) is 21.6 Å². The van der Waals surface area contributed by atoms with Gasteiger partial charge in [-0.25, -0.2) is 18.5 Å². The number of rotatable bonds is 3. The normalized spacial score (nSPS) is 12.8. The molecule has 0 radical (unpaired) electrons. The molecule has 1 heterocycles. The van der Waals surface area contributed by atoms with Gasteiger partial charge in [0.05, 0.1) is 5.56 Å². The maximum atomic E-state index is 12.4. The minimum absolute atomic E-state index is 0.00942. The fraction of sp³-hybridized carbons (Fsp3) is 0.444. The summed E-state index contributed by atoms with van der Waals surface area (Å²) < 4.78 is 59.5. The number of halogens is 3. The molecule has 1 aromatic rings. The highest BCUT2D eigenvalue weighted by molar-refractivity contribution is 7.89. The number of hydrogen-bond donors (Lipinski definition) is 1. The Bertz CT molecular complexity index is 511. The monoisotopic (exact) mass is 268 g/mol. The van der Waals surface area contributed by atoms with E-state index < -0.39 is 26.8 Å². The molecular formula is C9H11F3N2O2S. The summed E-state index contributed by atoms with van der Waals surface area (Å²) in [5.74, 6) is 0. The van der Waals surface area contributed by atoms with Crippen molar-refractivity contribution in [2.75, 3.05) is 0 Å². The first-order chi connectivity index (χ1) is 7.66. The van der Waals surface area contributed by atoms with Crippen molar-refractivity contribution in [1.29, 1.82) is 0 Å². The van der Waals surface area contributed by atoms with Crippen LogP contribution in [0.3, 0.4) is 0 Å². The zero-order chi connectivity index (χ0) is 13.3. The van der Waals surface area contributed by atoms with Gasteiger partial charge in [0.15, 0.2) is 5.03 Å². The molecule has 0 amide bonds. The Kier molecular flexibility index (Phi) is 3.78. The third-order valence-corrected chi connectivity index (χ3v) is 2.95. The van der Waals surface area contributed by atoms with Crippen LogP contribution in [0, 0.1) is 0 Å². The summed E-state index contributed by atoms with van der Waals surface area (Å²) in [7, 11) is -4.10. The van der Waals surface area contributed by atoms with Crippen molar-refractivity contribution in [3.63, 3.8) is 0 Å². The second-order valence-corrected chi connectivity index (χ2v) is 4.96. The van der Waals surface area contributed by atoms with E-state index in [1.165, 1.54) is 0 Å². The van der Waals surface area contributed by atoms with Gasteiger partial charge in [0, 0.05) is 6.20 Å². The van der Waals surface area contributed by atoms with Crippen LogP contribution in [0.4, 0.5) is 13.2 Å². The van der Waals surface area contributed by atoms with E-state index in [1.54, 1.807) is 6.92 Å². The van der Waals surface area contributed by atoms with Crippen molar-refractivity contribution >= 4 is 10.0 Å². The van der Waals surface area contributed by atoms with Gasteiger partial charge in [-0.2, -0.15) is 13.2 Å². The lowest BCUT2D eigenvalue weighted by Crippen LogP contribution is -2.18. The van der Waals surface area contributed by atoms with Crippen LogP contribution in [-0.2, 0) is 22.6 Å². The maximum Gasteiger partial charge on any atom is 0.417 e.